The molecule has 0 radical (unpaired) electrons. The first-order chi connectivity index (χ1) is 11.5. The number of amides is 2. The van der Waals surface area contributed by atoms with E-state index < -0.39 is 17.8 Å². The lowest BCUT2D eigenvalue weighted by atomic mass is 9.98. The van der Waals surface area contributed by atoms with Crippen LogP contribution in [0.4, 0.5) is 0 Å². The summed E-state index contributed by atoms with van der Waals surface area (Å²) in [5, 5.41) is 0. The summed E-state index contributed by atoms with van der Waals surface area (Å²) in [5.41, 5.74) is 3.23. The van der Waals surface area contributed by atoms with Gasteiger partial charge in [-0.25, -0.2) is 4.79 Å². The van der Waals surface area contributed by atoms with Crippen molar-refractivity contribution in [1.82, 2.24) is 4.90 Å². The first kappa shape index (κ1) is 15.9. The van der Waals surface area contributed by atoms with E-state index in [-0.39, 0.29) is 13.0 Å². The number of benzene rings is 2. The molecular weight excluding hydrogens is 306 g/mol. The van der Waals surface area contributed by atoms with Crippen molar-refractivity contribution in [1.29, 1.82) is 0 Å². The Balaban J connectivity index is 1.73. The van der Waals surface area contributed by atoms with Crippen LogP contribution in [-0.4, -0.2) is 29.2 Å². The molecule has 0 fully saturated rings. The molecule has 122 valence electrons. The molecule has 5 heteroatoms. The highest BCUT2D eigenvalue weighted by Crippen LogP contribution is 2.20. The van der Waals surface area contributed by atoms with Gasteiger partial charge in [-0.05, 0) is 48.7 Å². The number of aryl methyl sites for hydroxylation is 2. The predicted molar refractivity (Wildman–Crippen MR) is 87.7 cm³/mol. The number of ether oxygens (including phenoxy) is 1. The van der Waals surface area contributed by atoms with E-state index in [0.717, 1.165) is 16.0 Å². The molecule has 2 aromatic rings. The zero-order valence-electron chi connectivity index (χ0n) is 13.5. The molecule has 5 nitrogen and oxygen atoms in total. The van der Waals surface area contributed by atoms with Crippen LogP contribution in [0.5, 0.6) is 5.75 Å². The van der Waals surface area contributed by atoms with Crippen LogP contribution in [0.15, 0.2) is 42.5 Å². The Labute approximate surface area is 139 Å². The predicted octanol–water partition coefficient (Wildman–Crippen LogP) is 2.43. The standard InChI is InChI=1S/C19H17NO4/c1-12-7-8-15(9-13(12)2)24-18(22)11-20-17(21)10-14-5-3-4-6-16(14)19(20)23/h3-9H,10-11H2,1-2H3. The van der Waals surface area contributed by atoms with E-state index in [4.69, 9.17) is 4.74 Å². The summed E-state index contributed by atoms with van der Waals surface area (Å²) in [4.78, 5) is 37.6. The minimum absolute atomic E-state index is 0.110. The fourth-order valence-corrected chi connectivity index (χ4v) is 2.63. The van der Waals surface area contributed by atoms with Crippen LogP contribution in [0, 0.1) is 13.8 Å². The average molecular weight is 323 g/mol. The molecule has 0 spiro atoms. The Morgan fingerprint density at radius 1 is 1.08 bits per heavy atom. The minimum atomic E-state index is -0.640. The molecule has 0 bridgehead atoms. The van der Waals surface area contributed by atoms with Gasteiger partial charge in [0.05, 0.1) is 6.42 Å². The van der Waals surface area contributed by atoms with E-state index in [9.17, 15) is 14.4 Å². The molecule has 0 aliphatic carbocycles. The molecule has 3 rings (SSSR count). The van der Waals surface area contributed by atoms with Crippen LogP contribution >= 0.6 is 0 Å². The van der Waals surface area contributed by atoms with Gasteiger partial charge in [0.2, 0.25) is 5.91 Å². The smallest absolute Gasteiger partial charge is 0.331 e. The van der Waals surface area contributed by atoms with Gasteiger partial charge >= 0.3 is 5.97 Å². The number of rotatable bonds is 3. The van der Waals surface area contributed by atoms with Gasteiger partial charge in [-0.15, -0.1) is 0 Å². The molecule has 0 atom stereocenters. The molecular formula is C19H17NO4. The second-order valence-corrected chi connectivity index (χ2v) is 5.84. The molecule has 0 saturated carbocycles. The van der Waals surface area contributed by atoms with Gasteiger partial charge < -0.3 is 4.74 Å². The lowest BCUT2D eigenvalue weighted by Crippen LogP contribution is -2.45. The fourth-order valence-electron chi connectivity index (χ4n) is 2.63. The van der Waals surface area contributed by atoms with Crippen LogP contribution < -0.4 is 4.74 Å². The number of fused-ring (bicyclic) bond motifs is 1. The Morgan fingerprint density at radius 2 is 1.83 bits per heavy atom. The van der Waals surface area contributed by atoms with E-state index in [0.29, 0.717) is 16.9 Å². The molecule has 0 unspecified atom stereocenters. The van der Waals surface area contributed by atoms with Crippen LogP contribution in [-0.2, 0) is 16.0 Å². The lowest BCUT2D eigenvalue weighted by molar-refractivity contribution is -0.140. The summed E-state index contributed by atoms with van der Waals surface area (Å²) >= 11 is 0. The highest BCUT2D eigenvalue weighted by Gasteiger charge is 2.32. The number of nitrogens with zero attached hydrogens (tertiary/aromatic N) is 1. The van der Waals surface area contributed by atoms with Crippen molar-refractivity contribution in [2.45, 2.75) is 20.3 Å². The first-order valence-corrected chi connectivity index (χ1v) is 7.66. The number of imide groups is 1. The van der Waals surface area contributed by atoms with Gasteiger partial charge in [0.15, 0.2) is 0 Å². The van der Waals surface area contributed by atoms with Gasteiger partial charge in [-0.2, -0.15) is 0 Å². The molecule has 1 heterocycles. The maximum Gasteiger partial charge on any atom is 0.331 e. The quantitative estimate of drug-likeness (QED) is 0.494. The van der Waals surface area contributed by atoms with E-state index in [1.165, 1.54) is 0 Å². The topological polar surface area (TPSA) is 63.7 Å². The third kappa shape index (κ3) is 3.06. The zero-order chi connectivity index (χ0) is 17.3. The molecule has 0 N–H and O–H groups in total. The van der Waals surface area contributed by atoms with Crippen molar-refractivity contribution >= 4 is 17.8 Å². The molecule has 1 aliphatic heterocycles. The second-order valence-electron chi connectivity index (χ2n) is 5.84. The molecule has 1 aliphatic rings. The maximum atomic E-state index is 12.4. The van der Waals surface area contributed by atoms with Crippen molar-refractivity contribution in [2.24, 2.45) is 0 Å². The van der Waals surface area contributed by atoms with E-state index >= 15 is 0 Å². The summed E-state index contributed by atoms with van der Waals surface area (Å²) in [5.74, 6) is -1.09. The van der Waals surface area contributed by atoms with Crippen molar-refractivity contribution < 1.29 is 19.1 Å². The summed E-state index contributed by atoms with van der Waals surface area (Å²) in [7, 11) is 0. The Hall–Kier alpha value is -2.95. The highest BCUT2D eigenvalue weighted by molar-refractivity contribution is 6.11. The van der Waals surface area contributed by atoms with Gasteiger partial charge in [0.25, 0.3) is 5.91 Å². The van der Waals surface area contributed by atoms with Crippen LogP contribution in [0.25, 0.3) is 0 Å². The van der Waals surface area contributed by atoms with Crippen molar-refractivity contribution in [3.8, 4) is 5.75 Å². The fraction of sp³-hybridized carbons (Fsp3) is 0.211. The van der Waals surface area contributed by atoms with Crippen LogP contribution in [0.3, 0.4) is 0 Å². The Morgan fingerprint density at radius 3 is 2.58 bits per heavy atom. The normalized spacial score (nSPS) is 13.7. The summed E-state index contributed by atoms with van der Waals surface area (Å²) < 4.78 is 5.25. The number of esters is 1. The lowest BCUT2D eigenvalue weighted by Gasteiger charge is -2.25. The van der Waals surface area contributed by atoms with E-state index in [1.807, 2.05) is 19.9 Å². The largest absolute Gasteiger partial charge is 0.425 e. The van der Waals surface area contributed by atoms with Crippen molar-refractivity contribution in [3.05, 3.63) is 64.7 Å². The SMILES string of the molecule is Cc1ccc(OC(=O)CN2C(=O)Cc3ccccc3C2=O)cc1C. The van der Waals surface area contributed by atoms with Gasteiger partial charge in [-0.3, -0.25) is 14.5 Å². The van der Waals surface area contributed by atoms with Crippen molar-refractivity contribution in [3.63, 3.8) is 0 Å². The minimum Gasteiger partial charge on any atom is -0.425 e. The number of carbonyl (C=O) groups is 3. The van der Waals surface area contributed by atoms with E-state index in [1.54, 1.807) is 36.4 Å². The monoisotopic (exact) mass is 323 g/mol. The van der Waals surface area contributed by atoms with Crippen LogP contribution in [0.1, 0.15) is 27.0 Å². The number of hydrogen-bond donors (Lipinski definition) is 0. The van der Waals surface area contributed by atoms with Gasteiger partial charge in [0, 0.05) is 5.56 Å². The third-order valence-electron chi connectivity index (χ3n) is 4.13. The zero-order valence-corrected chi connectivity index (χ0v) is 13.5. The molecule has 0 aromatic heterocycles. The molecule has 2 aromatic carbocycles. The van der Waals surface area contributed by atoms with Crippen LogP contribution in [0.2, 0.25) is 0 Å². The van der Waals surface area contributed by atoms with Crippen molar-refractivity contribution in [2.75, 3.05) is 6.54 Å². The molecule has 0 saturated heterocycles. The van der Waals surface area contributed by atoms with Gasteiger partial charge in [0.1, 0.15) is 12.3 Å². The molecule has 2 amide bonds. The summed E-state index contributed by atoms with van der Waals surface area (Å²) in [6.07, 6.45) is 0.110. The summed E-state index contributed by atoms with van der Waals surface area (Å²) in [6.45, 7) is 3.49. The highest BCUT2D eigenvalue weighted by atomic mass is 16.5. The first-order valence-electron chi connectivity index (χ1n) is 7.66. The Bertz CT molecular complexity index is 841. The number of carbonyl (C=O) groups excluding carboxylic acids is 3. The molecule has 24 heavy (non-hydrogen) atoms. The summed E-state index contributed by atoms with van der Waals surface area (Å²) in [6, 6.07) is 12.2. The van der Waals surface area contributed by atoms with Gasteiger partial charge in [-0.1, -0.05) is 24.3 Å². The Kier molecular flexibility index (Phi) is 4.16. The third-order valence-corrected chi connectivity index (χ3v) is 4.13. The maximum absolute atomic E-state index is 12.4. The van der Waals surface area contributed by atoms with E-state index in [2.05, 4.69) is 0 Å². The average Bonchev–Trinajstić information content (AvgIpc) is 2.55. The number of hydrogen-bond acceptors (Lipinski definition) is 4. The second kappa shape index (κ2) is 6.28.